The van der Waals surface area contributed by atoms with Gasteiger partial charge in [0.15, 0.2) is 0 Å². The third kappa shape index (κ3) is 3.35. The van der Waals surface area contributed by atoms with Gasteiger partial charge >= 0.3 is 0 Å². The third-order valence-corrected chi connectivity index (χ3v) is 4.56. The van der Waals surface area contributed by atoms with E-state index in [9.17, 15) is 4.79 Å². The Morgan fingerprint density at radius 2 is 2.10 bits per heavy atom. The number of anilines is 1. The molecule has 0 bridgehead atoms. The molecule has 1 saturated heterocycles. The Morgan fingerprint density at radius 1 is 1.30 bits per heavy atom. The van der Waals surface area contributed by atoms with Gasteiger partial charge in [-0.05, 0) is 38.1 Å². The third-order valence-electron chi connectivity index (χ3n) is 3.54. The fraction of sp³-hybridized carbons (Fsp3) is 0.400. The number of piperidine rings is 1. The zero-order chi connectivity index (χ0) is 13.8. The van der Waals surface area contributed by atoms with Gasteiger partial charge in [0.05, 0.1) is 17.3 Å². The highest BCUT2D eigenvalue weighted by molar-refractivity contribution is 8.03. The zero-order valence-corrected chi connectivity index (χ0v) is 12.2. The quantitative estimate of drug-likeness (QED) is 0.898. The first-order valence-corrected chi connectivity index (χ1v) is 7.89. The van der Waals surface area contributed by atoms with Crippen molar-refractivity contribution in [2.45, 2.75) is 24.2 Å². The Morgan fingerprint density at radius 3 is 2.90 bits per heavy atom. The van der Waals surface area contributed by atoms with Gasteiger partial charge in [-0.3, -0.25) is 9.69 Å². The smallest absolute Gasteiger partial charge is 0.238 e. The summed E-state index contributed by atoms with van der Waals surface area (Å²) in [6.07, 6.45) is 5.49. The summed E-state index contributed by atoms with van der Waals surface area (Å²) in [7, 11) is 0. The van der Waals surface area contributed by atoms with Crippen LogP contribution in [0, 0.1) is 0 Å². The molecule has 3 rings (SSSR count). The van der Waals surface area contributed by atoms with Gasteiger partial charge < -0.3 is 10.6 Å². The van der Waals surface area contributed by atoms with Crippen molar-refractivity contribution in [1.82, 2.24) is 10.2 Å². The highest BCUT2D eigenvalue weighted by Gasteiger charge is 2.16. The van der Waals surface area contributed by atoms with Gasteiger partial charge in [-0.1, -0.05) is 30.3 Å². The van der Waals surface area contributed by atoms with Gasteiger partial charge in [0.1, 0.15) is 0 Å². The van der Waals surface area contributed by atoms with Gasteiger partial charge in [0.25, 0.3) is 0 Å². The number of hydrogen-bond donors (Lipinski definition) is 2. The van der Waals surface area contributed by atoms with Crippen molar-refractivity contribution < 1.29 is 4.79 Å². The molecule has 0 radical (unpaired) electrons. The number of nitrogens with one attached hydrogen (secondary N) is 2. The number of benzene rings is 1. The van der Waals surface area contributed by atoms with Crippen LogP contribution in [0.2, 0.25) is 0 Å². The first-order chi connectivity index (χ1) is 9.81. The molecule has 1 aromatic rings. The zero-order valence-electron chi connectivity index (χ0n) is 11.4. The molecule has 0 atom stereocenters. The number of nitrogens with zero attached hydrogens (tertiary/aromatic N) is 1. The molecule has 5 heteroatoms. The maximum Gasteiger partial charge on any atom is 0.238 e. The summed E-state index contributed by atoms with van der Waals surface area (Å²) in [6, 6.07) is 8.14. The molecule has 1 amide bonds. The summed E-state index contributed by atoms with van der Waals surface area (Å²) >= 11 is 1.65. The molecule has 0 unspecified atom stereocenters. The number of rotatable bonds is 3. The lowest BCUT2D eigenvalue weighted by Crippen LogP contribution is -2.38. The highest BCUT2D eigenvalue weighted by atomic mass is 32.2. The van der Waals surface area contributed by atoms with Crippen LogP contribution in [0.1, 0.15) is 19.3 Å². The highest BCUT2D eigenvalue weighted by Crippen LogP contribution is 2.39. The second-order valence-electron chi connectivity index (χ2n) is 5.14. The van der Waals surface area contributed by atoms with Crippen LogP contribution in [0.5, 0.6) is 0 Å². The van der Waals surface area contributed by atoms with E-state index in [0.717, 1.165) is 23.8 Å². The van der Waals surface area contributed by atoms with E-state index < -0.39 is 0 Å². The standard InChI is InChI=1S/C15H19N3OS/c19-14(11-18-8-4-1-5-9-18)16-10-15-17-12-6-2-3-7-13(12)20-15/h2-3,6-7,10,17H,1,4-5,8-9,11H2,(H,16,19)/b15-10-. The van der Waals surface area contributed by atoms with Crippen LogP contribution in [-0.4, -0.2) is 30.4 Å². The minimum atomic E-state index is 0.0674. The van der Waals surface area contributed by atoms with Gasteiger partial charge in [0.2, 0.25) is 5.91 Å². The Kier molecular flexibility index (Phi) is 4.28. The normalized spacial score (nSPS) is 20.5. The van der Waals surface area contributed by atoms with Crippen LogP contribution in [0.4, 0.5) is 5.69 Å². The predicted molar refractivity (Wildman–Crippen MR) is 82.4 cm³/mol. The number of fused-ring (bicyclic) bond motifs is 1. The Labute approximate surface area is 123 Å². The van der Waals surface area contributed by atoms with Crippen LogP contribution in [0.25, 0.3) is 0 Å². The number of thioether (sulfide) groups is 1. The van der Waals surface area contributed by atoms with E-state index in [1.807, 2.05) is 18.2 Å². The van der Waals surface area contributed by atoms with Gasteiger partial charge in [-0.15, -0.1) is 0 Å². The van der Waals surface area contributed by atoms with E-state index in [1.165, 1.54) is 24.2 Å². The van der Waals surface area contributed by atoms with Crippen molar-refractivity contribution in [2.75, 3.05) is 25.0 Å². The van der Waals surface area contributed by atoms with Crippen molar-refractivity contribution in [3.05, 3.63) is 35.5 Å². The van der Waals surface area contributed by atoms with Gasteiger partial charge in [0, 0.05) is 11.1 Å². The van der Waals surface area contributed by atoms with Crippen molar-refractivity contribution in [3.63, 3.8) is 0 Å². The number of carbonyl (C=O) groups excluding carboxylic acids is 1. The molecular formula is C15H19N3OS. The van der Waals surface area contributed by atoms with Crippen molar-refractivity contribution in [3.8, 4) is 0 Å². The molecule has 2 aliphatic rings. The molecule has 1 fully saturated rings. The molecule has 106 valence electrons. The van der Waals surface area contributed by atoms with Gasteiger partial charge in [-0.25, -0.2) is 0 Å². The molecule has 1 aromatic carbocycles. The van der Waals surface area contributed by atoms with Crippen LogP contribution >= 0.6 is 11.8 Å². The van der Waals surface area contributed by atoms with Gasteiger partial charge in [-0.2, -0.15) is 0 Å². The molecule has 20 heavy (non-hydrogen) atoms. The summed E-state index contributed by atoms with van der Waals surface area (Å²) < 4.78 is 0. The number of likely N-dealkylation sites (tertiary alicyclic amines) is 1. The van der Waals surface area contributed by atoms with Crippen molar-refractivity contribution >= 4 is 23.4 Å². The summed E-state index contributed by atoms with van der Waals surface area (Å²) in [6.45, 7) is 2.59. The Bertz CT molecular complexity index is 497. The van der Waals surface area contributed by atoms with Crippen LogP contribution < -0.4 is 10.6 Å². The monoisotopic (exact) mass is 289 g/mol. The Hall–Kier alpha value is -1.46. The summed E-state index contributed by atoms with van der Waals surface area (Å²) in [4.78, 5) is 15.3. The molecule has 0 spiro atoms. The summed E-state index contributed by atoms with van der Waals surface area (Å²) in [5, 5.41) is 7.14. The van der Waals surface area contributed by atoms with E-state index >= 15 is 0 Å². The number of carbonyl (C=O) groups is 1. The number of amides is 1. The minimum absolute atomic E-state index is 0.0674. The fourth-order valence-corrected chi connectivity index (χ4v) is 3.40. The summed E-state index contributed by atoms with van der Waals surface area (Å²) in [5.41, 5.74) is 1.11. The van der Waals surface area contributed by atoms with Crippen LogP contribution in [-0.2, 0) is 4.79 Å². The molecule has 0 aromatic heterocycles. The SMILES string of the molecule is O=C(CN1CCCCC1)N/C=C1/Nc2ccccc2S1. The molecule has 4 nitrogen and oxygen atoms in total. The molecule has 2 heterocycles. The lowest BCUT2D eigenvalue weighted by atomic mass is 10.1. The van der Waals surface area contributed by atoms with E-state index in [0.29, 0.717) is 6.54 Å². The van der Waals surface area contributed by atoms with E-state index in [-0.39, 0.29) is 5.91 Å². The van der Waals surface area contributed by atoms with Crippen LogP contribution in [0.15, 0.2) is 40.4 Å². The summed E-state index contributed by atoms with van der Waals surface area (Å²) in [5.74, 6) is 0.0674. The first kappa shape index (κ1) is 13.5. The number of hydrogen-bond acceptors (Lipinski definition) is 4. The van der Waals surface area contributed by atoms with Crippen molar-refractivity contribution in [1.29, 1.82) is 0 Å². The predicted octanol–water partition coefficient (Wildman–Crippen LogP) is 2.61. The topological polar surface area (TPSA) is 44.4 Å². The maximum absolute atomic E-state index is 11.9. The average Bonchev–Trinajstić information content (AvgIpc) is 2.89. The fourth-order valence-electron chi connectivity index (χ4n) is 2.51. The first-order valence-electron chi connectivity index (χ1n) is 7.07. The second-order valence-corrected chi connectivity index (χ2v) is 6.22. The van der Waals surface area contributed by atoms with E-state index in [4.69, 9.17) is 0 Å². The van der Waals surface area contributed by atoms with E-state index in [1.54, 1.807) is 18.0 Å². The molecule has 0 aliphatic carbocycles. The molecule has 0 saturated carbocycles. The lowest BCUT2D eigenvalue weighted by molar-refractivity contribution is -0.121. The number of para-hydroxylation sites is 1. The minimum Gasteiger partial charge on any atom is -0.348 e. The molecular weight excluding hydrogens is 270 g/mol. The maximum atomic E-state index is 11.9. The average molecular weight is 289 g/mol. The van der Waals surface area contributed by atoms with Crippen LogP contribution in [0.3, 0.4) is 0 Å². The molecule has 2 aliphatic heterocycles. The Balaban J connectivity index is 1.50. The molecule has 2 N–H and O–H groups in total. The van der Waals surface area contributed by atoms with Crippen molar-refractivity contribution in [2.24, 2.45) is 0 Å². The lowest BCUT2D eigenvalue weighted by Gasteiger charge is -2.25. The largest absolute Gasteiger partial charge is 0.348 e. The second kappa shape index (κ2) is 6.33. The van der Waals surface area contributed by atoms with E-state index in [2.05, 4.69) is 21.6 Å².